The molecule has 3 rings (SSSR count). The highest BCUT2D eigenvalue weighted by Gasteiger charge is 2.31. The van der Waals surface area contributed by atoms with E-state index >= 15 is 0 Å². The van der Waals surface area contributed by atoms with Crippen LogP contribution < -0.4 is 5.32 Å². The maximum Gasteiger partial charge on any atom is 0.246 e. The number of aromatic nitrogens is 2. The van der Waals surface area contributed by atoms with Crippen molar-refractivity contribution < 1.29 is 13.2 Å². The van der Waals surface area contributed by atoms with Crippen LogP contribution in [-0.4, -0.2) is 41.5 Å². The van der Waals surface area contributed by atoms with E-state index in [9.17, 15) is 13.2 Å². The lowest BCUT2D eigenvalue weighted by Gasteiger charge is -2.26. The lowest BCUT2D eigenvalue weighted by Crippen LogP contribution is -2.36. The number of hydrogen-bond donors (Lipinski definition) is 1. The average molecular weight is 425 g/mol. The van der Waals surface area contributed by atoms with Gasteiger partial charge in [0.15, 0.2) is 0 Å². The van der Waals surface area contributed by atoms with Gasteiger partial charge in [-0.3, -0.25) is 9.48 Å². The quantitative estimate of drug-likeness (QED) is 0.770. The van der Waals surface area contributed by atoms with Crippen molar-refractivity contribution in [2.75, 3.05) is 18.4 Å². The summed E-state index contributed by atoms with van der Waals surface area (Å²) in [6.07, 6.45) is 3.01. The SMILES string of the molecule is Cc1nn(CCC(=O)Nc2cccc(Cl)c2)c(C)c1S(=O)(=O)N1CCCCC1. The van der Waals surface area contributed by atoms with Crippen molar-refractivity contribution in [3.63, 3.8) is 0 Å². The van der Waals surface area contributed by atoms with Crippen molar-refractivity contribution in [1.29, 1.82) is 0 Å². The van der Waals surface area contributed by atoms with Gasteiger partial charge in [-0.1, -0.05) is 24.1 Å². The third-order valence-corrected chi connectivity index (χ3v) is 7.27. The van der Waals surface area contributed by atoms with Crippen LogP contribution in [0.25, 0.3) is 0 Å². The summed E-state index contributed by atoms with van der Waals surface area (Å²) >= 11 is 5.92. The highest BCUT2D eigenvalue weighted by Crippen LogP contribution is 2.26. The number of carbonyl (C=O) groups excluding carboxylic acids is 1. The lowest BCUT2D eigenvalue weighted by atomic mass is 10.2. The standard InChI is InChI=1S/C19H25ClN4O3S/c1-14-19(28(26,27)23-10-4-3-5-11-23)15(2)24(22-14)12-9-18(25)21-17-8-6-7-16(20)13-17/h6-8,13H,3-5,9-12H2,1-2H3,(H,21,25). The first-order valence-electron chi connectivity index (χ1n) is 9.38. The van der Waals surface area contributed by atoms with Crippen LogP contribution in [0.5, 0.6) is 0 Å². The Morgan fingerprint density at radius 1 is 1.21 bits per heavy atom. The zero-order valence-corrected chi connectivity index (χ0v) is 17.7. The van der Waals surface area contributed by atoms with E-state index < -0.39 is 10.0 Å². The van der Waals surface area contributed by atoms with Gasteiger partial charge in [-0.05, 0) is 44.9 Å². The second-order valence-electron chi connectivity index (χ2n) is 7.00. The summed E-state index contributed by atoms with van der Waals surface area (Å²) in [5, 5.41) is 7.70. The molecular formula is C19H25ClN4O3S. The van der Waals surface area contributed by atoms with Crippen LogP contribution in [0.3, 0.4) is 0 Å². The van der Waals surface area contributed by atoms with Crippen LogP contribution >= 0.6 is 11.6 Å². The van der Waals surface area contributed by atoms with Crippen molar-refractivity contribution in [3.05, 3.63) is 40.7 Å². The summed E-state index contributed by atoms with van der Waals surface area (Å²) in [6.45, 7) is 4.84. The number of amides is 1. The Bertz CT molecular complexity index is 966. The molecule has 1 saturated heterocycles. The molecule has 1 aromatic heterocycles. The summed E-state index contributed by atoms with van der Waals surface area (Å²) in [5.74, 6) is -0.185. The van der Waals surface area contributed by atoms with Crippen LogP contribution in [0.4, 0.5) is 5.69 Å². The number of aryl methyl sites for hydroxylation is 2. The van der Waals surface area contributed by atoms with Gasteiger partial charge in [-0.25, -0.2) is 8.42 Å². The maximum atomic E-state index is 13.0. The Hall–Kier alpha value is -1.90. The van der Waals surface area contributed by atoms with Gasteiger partial charge in [-0.2, -0.15) is 9.40 Å². The summed E-state index contributed by atoms with van der Waals surface area (Å²) in [7, 11) is -3.56. The molecule has 1 aromatic carbocycles. The molecule has 7 nitrogen and oxygen atoms in total. The van der Waals surface area contributed by atoms with Gasteiger partial charge in [0.05, 0.1) is 17.9 Å². The molecule has 0 unspecified atom stereocenters. The van der Waals surface area contributed by atoms with Gasteiger partial charge in [0, 0.05) is 30.2 Å². The molecule has 1 amide bonds. The minimum absolute atomic E-state index is 0.178. The van der Waals surface area contributed by atoms with E-state index in [2.05, 4.69) is 10.4 Å². The molecule has 0 radical (unpaired) electrons. The normalized spacial score (nSPS) is 15.5. The molecule has 2 aromatic rings. The molecule has 2 heterocycles. The topological polar surface area (TPSA) is 84.3 Å². The highest BCUT2D eigenvalue weighted by molar-refractivity contribution is 7.89. The van der Waals surface area contributed by atoms with Crippen molar-refractivity contribution in [3.8, 4) is 0 Å². The zero-order valence-electron chi connectivity index (χ0n) is 16.1. The number of benzene rings is 1. The van der Waals surface area contributed by atoms with E-state index in [1.54, 1.807) is 47.1 Å². The van der Waals surface area contributed by atoms with Gasteiger partial charge < -0.3 is 5.32 Å². The molecule has 9 heteroatoms. The maximum absolute atomic E-state index is 13.0. The van der Waals surface area contributed by atoms with Gasteiger partial charge >= 0.3 is 0 Å². The van der Waals surface area contributed by atoms with Gasteiger partial charge in [0.25, 0.3) is 0 Å². The molecule has 1 fully saturated rings. The smallest absolute Gasteiger partial charge is 0.246 e. The van der Waals surface area contributed by atoms with Crippen molar-refractivity contribution >= 4 is 33.2 Å². The number of sulfonamides is 1. The molecule has 0 bridgehead atoms. The Balaban J connectivity index is 1.70. The Morgan fingerprint density at radius 3 is 2.61 bits per heavy atom. The van der Waals surface area contributed by atoms with Crippen molar-refractivity contribution in [2.24, 2.45) is 0 Å². The highest BCUT2D eigenvalue weighted by atomic mass is 35.5. The third-order valence-electron chi connectivity index (χ3n) is 4.89. The summed E-state index contributed by atoms with van der Waals surface area (Å²) in [5.41, 5.74) is 1.66. The number of rotatable bonds is 6. The van der Waals surface area contributed by atoms with Crippen molar-refractivity contribution in [2.45, 2.75) is 51.0 Å². The van der Waals surface area contributed by atoms with Gasteiger partial charge in [0.1, 0.15) is 4.90 Å². The second-order valence-corrected chi connectivity index (χ2v) is 9.31. The molecule has 0 atom stereocenters. The minimum Gasteiger partial charge on any atom is -0.326 e. The fourth-order valence-electron chi connectivity index (χ4n) is 3.50. The average Bonchev–Trinajstić information content (AvgIpc) is 2.95. The molecule has 1 aliphatic heterocycles. The summed E-state index contributed by atoms with van der Waals surface area (Å²) in [4.78, 5) is 12.5. The predicted molar refractivity (Wildman–Crippen MR) is 109 cm³/mol. The van der Waals surface area contributed by atoms with E-state index in [-0.39, 0.29) is 17.2 Å². The number of anilines is 1. The predicted octanol–water partition coefficient (Wildman–Crippen LogP) is 3.36. The van der Waals surface area contributed by atoms with Crippen LogP contribution in [0.2, 0.25) is 5.02 Å². The largest absolute Gasteiger partial charge is 0.326 e. The first-order valence-corrected chi connectivity index (χ1v) is 11.2. The van der Waals surface area contributed by atoms with Crippen LogP contribution in [-0.2, 0) is 21.4 Å². The van der Waals surface area contributed by atoms with Crippen molar-refractivity contribution in [1.82, 2.24) is 14.1 Å². The van der Waals surface area contributed by atoms with E-state index in [0.717, 1.165) is 19.3 Å². The molecule has 0 aliphatic carbocycles. The number of nitrogens with one attached hydrogen (secondary N) is 1. The fraction of sp³-hybridized carbons (Fsp3) is 0.474. The van der Waals surface area contributed by atoms with Crippen LogP contribution in [0.1, 0.15) is 37.1 Å². The van der Waals surface area contributed by atoms with E-state index in [1.165, 1.54) is 0 Å². The number of hydrogen-bond acceptors (Lipinski definition) is 4. The van der Waals surface area contributed by atoms with Crippen LogP contribution in [0, 0.1) is 13.8 Å². The molecule has 0 spiro atoms. The Kier molecular flexibility index (Phi) is 6.42. The van der Waals surface area contributed by atoms with E-state index in [1.807, 2.05) is 0 Å². The third kappa shape index (κ3) is 4.56. The summed E-state index contributed by atoms with van der Waals surface area (Å²) < 4.78 is 29.2. The zero-order chi connectivity index (χ0) is 20.3. The Labute approximate surface area is 170 Å². The molecule has 152 valence electrons. The fourth-order valence-corrected chi connectivity index (χ4v) is 5.58. The number of nitrogens with zero attached hydrogens (tertiary/aromatic N) is 3. The number of halogens is 1. The van der Waals surface area contributed by atoms with Gasteiger partial charge in [-0.15, -0.1) is 0 Å². The molecule has 0 saturated carbocycles. The molecular weight excluding hydrogens is 400 g/mol. The molecule has 1 N–H and O–H groups in total. The van der Waals surface area contributed by atoms with Gasteiger partial charge in [0.2, 0.25) is 15.9 Å². The number of piperidine rings is 1. The van der Waals surface area contributed by atoms with E-state index in [0.29, 0.717) is 41.7 Å². The monoisotopic (exact) mass is 424 g/mol. The second kappa shape index (κ2) is 8.63. The molecule has 28 heavy (non-hydrogen) atoms. The lowest BCUT2D eigenvalue weighted by molar-refractivity contribution is -0.116. The minimum atomic E-state index is -3.56. The van der Waals surface area contributed by atoms with E-state index in [4.69, 9.17) is 11.6 Å². The molecule has 1 aliphatic rings. The van der Waals surface area contributed by atoms with Crippen LogP contribution in [0.15, 0.2) is 29.2 Å². The first-order chi connectivity index (χ1) is 13.3. The Morgan fingerprint density at radius 2 is 1.93 bits per heavy atom. The summed E-state index contributed by atoms with van der Waals surface area (Å²) in [6, 6.07) is 6.93. The number of carbonyl (C=O) groups is 1. The first kappa shape index (κ1) is 20.8.